The van der Waals surface area contributed by atoms with E-state index in [0.717, 1.165) is 17.8 Å². The smallest absolute Gasteiger partial charge is 0.155 e. The molecule has 82 valence electrons. The van der Waals surface area contributed by atoms with Gasteiger partial charge in [-0.2, -0.15) is 5.10 Å². The van der Waals surface area contributed by atoms with Gasteiger partial charge < -0.3 is 0 Å². The second-order valence-electron chi connectivity index (χ2n) is 5.24. The summed E-state index contributed by atoms with van der Waals surface area (Å²) in [4.78, 5) is 4.43. The molecule has 0 aliphatic heterocycles. The summed E-state index contributed by atoms with van der Waals surface area (Å²) in [5.41, 5.74) is 5.62. The third-order valence-electron chi connectivity index (χ3n) is 3.28. The Morgan fingerprint density at radius 1 is 1.44 bits per heavy atom. The Morgan fingerprint density at radius 2 is 2.19 bits per heavy atom. The molecule has 2 aromatic heterocycles. The number of hydrogen-bond donors (Lipinski definition) is 0. The van der Waals surface area contributed by atoms with Gasteiger partial charge in [-0.05, 0) is 18.9 Å². The molecule has 0 saturated heterocycles. The lowest BCUT2D eigenvalue weighted by Crippen LogP contribution is -2.17. The third kappa shape index (κ3) is 1.08. The SMILES string of the molecule is C=C1CC(C)(C)c2c1cnc1cc(C)nn21. The highest BCUT2D eigenvalue weighted by Crippen LogP contribution is 2.43. The second-order valence-corrected chi connectivity index (χ2v) is 5.24. The van der Waals surface area contributed by atoms with Gasteiger partial charge in [0, 0.05) is 23.2 Å². The fourth-order valence-electron chi connectivity index (χ4n) is 2.67. The van der Waals surface area contributed by atoms with Gasteiger partial charge in [0.15, 0.2) is 5.65 Å². The van der Waals surface area contributed by atoms with Crippen molar-refractivity contribution in [2.24, 2.45) is 0 Å². The van der Waals surface area contributed by atoms with Gasteiger partial charge in [0.05, 0.1) is 11.4 Å². The zero-order valence-electron chi connectivity index (χ0n) is 9.91. The minimum Gasteiger partial charge on any atom is -0.236 e. The summed E-state index contributed by atoms with van der Waals surface area (Å²) >= 11 is 0. The first kappa shape index (κ1) is 9.58. The van der Waals surface area contributed by atoms with E-state index in [2.05, 4.69) is 30.5 Å². The average molecular weight is 213 g/mol. The standard InChI is InChI=1S/C13H15N3/c1-8-6-13(3,4)12-10(8)7-14-11-5-9(2)15-16(11)12/h5,7H,1,6H2,2-4H3. The molecule has 3 rings (SSSR count). The van der Waals surface area contributed by atoms with E-state index in [1.165, 1.54) is 16.8 Å². The van der Waals surface area contributed by atoms with Crippen LogP contribution in [0.15, 0.2) is 18.8 Å². The Bertz CT molecular complexity index is 605. The molecule has 1 aliphatic carbocycles. The van der Waals surface area contributed by atoms with E-state index in [1.807, 2.05) is 23.7 Å². The lowest BCUT2D eigenvalue weighted by Gasteiger charge is -2.18. The quantitative estimate of drug-likeness (QED) is 0.673. The van der Waals surface area contributed by atoms with Crippen LogP contribution in [0.2, 0.25) is 0 Å². The summed E-state index contributed by atoms with van der Waals surface area (Å²) in [6, 6.07) is 2.01. The van der Waals surface area contributed by atoms with Crippen molar-refractivity contribution in [1.29, 1.82) is 0 Å². The zero-order valence-corrected chi connectivity index (χ0v) is 9.91. The summed E-state index contributed by atoms with van der Waals surface area (Å²) in [6.45, 7) is 10.6. The zero-order chi connectivity index (χ0) is 11.5. The number of nitrogens with zero attached hydrogens (tertiary/aromatic N) is 3. The van der Waals surface area contributed by atoms with Gasteiger partial charge in [-0.25, -0.2) is 9.50 Å². The Labute approximate surface area is 94.8 Å². The van der Waals surface area contributed by atoms with Crippen LogP contribution in [-0.2, 0) is 5.41 Å². The molecule has 0 N–H and O–H groups in total. The molecule has 0 radical (unpaired) electrons. The fourth-order valence-corrected chi connectivity index (χ4v) is 2.67. The van der Waals surface area contributed by atoms with Crippen molar-refractivity contribution in [2.75, 3.05) is 0 Å². The van der Waals surface area contributed by atoms with E-state index in [9.17, 15) is 0 Å². The molecule has 0 unspecified atom stereocenters. The maximum Gasteiger partial charge on any atom is 0.155 e. The van der Waals surface area contributed by atoms with Crippen LogP contribution in [-0.4, -0.2) is 14.6 Å². The third-order valence-corrected chi connectivity index (χ3v) is 3.28. The van der Waals surface area contributed by atoms with Gasteiger partial charge in [-0.15, -0.1) is 0 Å². The van der Waals surface area contributed by atoms with Crippen LogP contribution in [0.3, 0.4) is 0 Å². The molecule has 3 heteroatoms. The number of hydrogen-bond acceptors (Lipinski definition) is 2. The predicted octanol–water partition coefficient (Wildman–Crippen LogP) is 2.73. The minimum atomic E-state index is 0.103. The topological polar surface area (TPSA) is 30.2 Å². The van der Waals surface area contributed by atoms with Crippen molar-refractivity contribution >= 4 is 11.2 Å². The van der Waals surface area contributed by atoms with Crippen LogP contribution in [0, 0.1) is 6.92 Å². The van der Waals surface area contributed by atoms with Crippen molar-refractivity contribution in [3.63, 3.8) is 0 Å². The maximum absolute atomic E-state index is 4.53. The largest absolute Gasteiger partial charge is 0.236 e. The van der Waals surface area contributed by atoms with Gasteiger partial charge in [-0.1, -0.05) is 20.4 Å². The number of fused-ring (bicyclic) bond motifs is 3. The molecule has 2 heterocycles. The van der Waals surface area contributed by atoms with Crippen molar-refractivity contribution in [3.05, 3.63) is 35.8 Å². The van der Waals surface area contributed by atoms with E-state index < -0.39 is 0 Å². The summed E-state index contributed by atoms with van der Waals surface area (Å²) in [7, 11) is 0. The van der Waals surface area contributed by atoms with Crippen LogP contribution < -0.4 is 0 Å². The number of aryl methyl sites for hydroxylation is 1. The molecular formula is C13H15N3. The van der Waals surface area contributed by atoms with Gasteiger partial charge in [0.25, 0.3) is 0 Å². The Morgan fingerprint density at radius 3 is 2.94 bits per heavy atom. The molecule has 0 saturated carbocycles. The number of aromatic nitrogens is 3. The molecule has 0 fully saturated rings. The lowest BCUT2D eigenvalue weighted by atomic mass is 9.90. The summed E-state index contributed by atoms with van der Waals surface area (Å²) < 4.78 is 1.98. The highest BCUT2D eigenvalue weighted by atomic mass is 15.3. The maximum atomic E-state index is 4.53. The molecule has 0 aromatic carbocycles. The number of rotatable bonds is 0. The Kier molecular flexibility index (Phi) is 1.63. The molecule has 2 aromatic rings. The molecule has 0 atom stereocenters. The highest BCUT2D eigenvalue weighted by Gasteiger charge is 2.35. The first-order chi connectivity index (χ1) is 7.49. The average Bonchev–Trinajstić information content (AvgIpc) is 2.63. The Balaban J connectivity index is 2.46. The van der Waals surface area contributed by atoms with Crippen LogP contribution in [0.5, 0.6) is 0 Å². The molecule has 1 aliphatic rings. The lowest BCUT2D eigenvalue weighted by molar-refractivity contribution is 0.527. The van der Waals surface area contributed by atoms with Crippen LogP contribution in [0.25, 0.3) is 11.2 Å². The van der Waals surface area contributed by atoms with Crippen molar-refractivity contribution in [1.82, 2.24) is 14.6 Å². The normalized spacial score (nSPS) is 18.1. The van der Waals surface area contributed by atoms with Gasteiger partial charge in [-0.3, -0.25) is 0 Å². The second kappa shape index (κ2) is 2.73. The van der Waals surface area contributed by atoms with Gasteiger partial charge in [0.1, 0.15) is 0 Å². The van der Waals surface area contributed by atoms with Crippen molar-refractivity contribution in [3.8, 4) is 0 Å². The van der Waals surface area contributed by atoms with E-state index in [0.29, 0.717) is 0 Å². The van der Waals surface area contributed by atoms with E-state index >= 15 is 0 Å². The fraction of sp³-hybridized carbons (Fsp3) is 0.385. The predicted molar refractivity (Wildman–Crippen MR) is 64.4 cm³/mol. The van der Waals surface area contributed by atoms with Crippen LogP contribution in [0.1, 0.15) is 37.2 Å². The van der Waals surface area contributed by atoms with Crippen molar-refractivity contribution in [2.45, 2.75) is 32.6 Å². The van der Waals surface area contributed by atoms with E-state index in [4.69, 9.17) is 0 Å². The van der Waals surface area contributed by atoms with E-state index in [-0.39, 0.29) is 5.41 Å². The molecule has 0 spiro atoms. The molecule has 0 amide bonds. The van der Waals surface area contributed by atoms with Crippen LogP contribution >= 0.6 is 0 Å². The van der Waals surface area contributed by atoms with Crippen LogP contribution in [0.4, 0.5) is 0 Å². The summed E-state index contributed by atoms with van der Waals surface area (Å²) in [6.07, 6.45) is 2.92. The molecular weight excluding hydrogens is 198 g/mol. The minimum absolute atomic E-state index is 0.103. The van der Waals surface area contributed by atoms with Gasteiger partial charge >= 0.3 is 0 Å². The first-order valence-corrected chi connectivity index (χ1v) is 5.53. The monoisotopic (exact) mass is 213 g/mol. The Hall–Kier alpha value is -1.64. The van der Waals surface area contributed by atoms with Gasteiger partial charge in [0.2, 0.25) is 0 Å². The summed E-state index contributed by atoms with van der Waals surface area (Å²) in [5, 5.41) is 4.53. The van der Waals surface area contributed by atoms with Crippen molar-refractivity contribution < 1.29 is 0 Å². The molecule has 0 bridgehead atoms. The number of allylic oxidation sites excluding steroid dienone is 1. The molecule has 3 nitrogen and oxygen atoms in total. The molecule has 16 heavy (non-hydrogen) atoms. The first-order valence-electron chi connectivity index (χ1n) is 5.53. The highest BCUT2D eigenvalue weighted by molar-refractivity contribution is 5.73. The summed E-state index contributed by atoms with van der Waals surface area (Å²) in [5.74, 6) is 0. The van der Waals surface area contributed by atoms with E-state index in [1.54, 1.807) is 0 Å².